The first kappa shape index (κ1) is 60.5. The number of hydrogen-bond acceptors (Lipinski definition) is 7. The van der Waals surface area contributed by atoms with Crippen LogP contribution >= 0.6 is 7.82 Å². The van der Waals surface area contributed by atoms with E-state index >= 15 is 0 Å². The number of rotatable bonds is 50. The zero-order valence-corrected chi connectivity index (χ0v) is 41.5. The third-order valence-corrected chi connectivity index (χ3v) is 12.2. The summed E-state index contributed by atoms with van der Waals surface area (Å²) >= 11 is 0. The highest BCUT2D eigenvalue weighted by molar-refractivity contribution is 7.47. The van der Waals surface area contributed by atoms with Gasteiger partial charge in [0.1, 0.15) is 6.10 Å². The van der Waals surface area contributed by atoms with Crippen LogP contribution in [0.4, 0.5) is 0 Å². The molecule has 0 aromatic rings. The van der Waals surface area contributed by atoms with Gasteiger partial charge in [0.25, 0.3) is 0 Å². The molecular formula is C53H100NO7P. The van der Waals surface area contributed by atoms with Crippen LogP contribution in [0.5, 0.6) is 0 Å². The number of hydrogen-bond donors (Lipinski definition) is 2. The third kappa shape index (κ3) is 49.5. The van der Waals surface area contributed by atoms with Crippen molar-refractivity contribution in [3.05, 3.63) is 48.6 Å². The normalized spacial score (nSPS) is 13.7. The van der Waals surface area contributed by atoms with Crippen LogP contribution in [0.25, 0.3) is 0 Å². The number of phosphoric acid groups is 1. The maximum absolute atomic E-state index is 12.7. The Bertz CT molecular complexity index is 1090. The molecule has 0 aliphatic carbocycles. The molecule has 9 heteroatoms. The Labute approximate surface area is 383 Å². The molecule has 364 valence electrons. The largest absolute Gasteiger partial charge is 0.472 e. The molecule has 0 aromatic carbocycles. The van der Waals surface area contributed by atoms with Crippen LogP contribution in [0, 0.1) is 0 Å². The molecule has 0 heterocycles. The molecule has 0 saturated carbocycles. The van der Waals surface area contributed by atoms with Crippen molar-refractivity contribution < 1.29 is 32.8 Å². The highest BCUT2D eigenvalue weighted by Gasteiger charge is 2.25. The van der Waals surface area contributed by atoms with E-state index in [0.717, 1.165) is 57.8 Å². The second kappa shape index (κ2) is 50.5. The summed E-state index contributed by atoms with van der Waals surface area (Å²) in [4.78, 5) is 22.6. The Hall–Kier alpha value is -1.54. The number of allylic oxidation sites excluding steroid dienone is 8. The van der Waals surface area contributed by atoms with Crippen LogP contribution in [0.1, 0.15) is 245 Å². The quantitative estimate of drug-likeness (QED) is 0.0268. The fourth-order valence-electron chi connectivity index (χ4n) is 7.46. The minimum absolute atomic E-state index is 0.0949. The van der Waals surface area contributed by atoms with E-state index in [1.807, 2.05) is 0 Å². The molecule has 0 rings (SSSR count). The van der Waals surface area contributed by atoms with E-state index in [2.05, 4.69) is 62.5 Å². The highest BCUT2D eigenvalue weighted by Crippen LogP contribution is 2.43. The van der Waals surface area contributed by atoms with Gasteiger partial charge in [0.2, 0.25) is 0 Å². The summed E-state index contributed by atoms with van der Waals surface area (Å²) in [6.07, 6.45) is 61.4. The molecule has 0 saturated heterocycles. The summed E-state index contributed by atoms with van der Waals surface area (Å²) in [5.41, 5.74) is 5.39. The van der Waals surface area contributed by atoms with Crippen molar-refractivity contribution in [2.75, 3.05) is 33.0 Å². The molecule has 3 N–H and O–H groups in total. The molecule has 8 nitrogen and oxygen atoms in total. The van der Waals surface area contributed by atoms with Gasteiger partial charge in [-0.25, -0.2) is 4.57 Å². The van der Waals surface area contributed by atoms with Gasteiger partial charge in [0.15, 0.2) is 0 Å². The Kier molecular flexibility index (Phi) is 49.2. The van der Waals surface area contributed by atoms with Crippen LogP contribution in [0.15, 0.2) is 48.6 Å². The van der Waals surface area contributed by atoms with Crippen LogP contribution in [-0.2, 0) is 27.9 Å². The average molecular weight is 894 g/mol. The smallest absolute Gasteiger partial charge is 0.457 e. The molecular weight excluding hydrogens is 794 g/mol. The number of ether oxygens (including phenoxy) is 2. The minimum atomic E-state index is -4.28. The summed E-state index contributed by atoms with van der Waals surface area (Å²) < 4.78 is 33.6. The van der Waals surface area contributed by atoms with Gasteiger partial charge in [0.05, 0.1) is 19.8 Å². The standard InChI is InChI=1S/C53H100NO7P/c1-3-5-7-9-11-13-15-17-19-21-23-24-25-26-27-28-29-30-32-34-36-38-40-42-44-46-53(55)61-52(51-60-62(56,57)59-49-47-54)50-58-48-45-43-41-39-37-35-33-31-22-20-18-16-14-12-10-8-6-4-2/h5,7,11,13,17,19,23-24,52H,3-4,6,8-10,12,14-16,18,20-22,25-51,54H2,1-2H3,(H,56,57)/b7-5-,13-11-,19-17-,24-23-. The summed E-state index contributed by atoms with van der Waals surface area (Å²) in [5, 5.41) is 0. The minimum Gasteiger partial charge on any atom is -0.457 e. The molecule has 0 spiro atoms. The molecule has 2 atom stereocenters. The Morgan fingerprint density at radius 3 is 1.35 bits per heavy atom. The first-order chi connectivity index (χ1) is 30.4. The zero-order valence-electron chi connectivity index (χ0n) is 40.6. The Morgan fingerprint density at radius 1 is 0.500 bits per heavy atom. The molecule has 2 unspecified atom stereocenters. The van der Waals surface area contributed by atoms with Gasteiger partial charge in [-0.1, -0.05) is 236 Å². The van der Waals surface area contributed by atoms with Crippen LogP contribution < -0.4 is 5.73 Å². The maximum Gasteiger partial charge on any atom is 0.472 e. The number of esters is 1. The molecule has 0 amide bonds. The van der Waals surface area contributed by atoms with Gasteiger partial charge in [0, 0.05) is 19.6 Å². The molecule has 0 aliphatic heterocycles. The van der Waals surface area contributed by atoms with Gasteiger partial charge < -0.3 is 20.1 Å². The van der Waals surface area contributed by atoms with E-state index in [9.17, 15) is 14.3 Å². The number of unbranched alkanes of at least 4 members (excludes halogenated alkanes) is 29. The lowest BCUT2D eigenvalue weighted by atomic mass is 10.0. The first-order valence-electron chi connectivity index (χ1n) is 26.1. The van der Waals surface area contributed by atoms with Gasteiger partial charge >= 0.3 is 13.8 Å². The topological polar surface area (TPSA) is 117 Å². The highest BCUT2D eigenvalue weighted by atomic mass is 31.2. The van der Waals surface area contributed by atoms with Crippen LogP contribution in [0.2, 0.25) is 0 Å². The van der Waals surface area contributed by atoms with E-state index < -0.39 is 13.9 Å². The number of carbonyl (C=O) groups excluding carboxylic acids is 1. The van der Waals surface area contributed by atoms with Gasteiger partial charge in [-0.15, -0.1) is 0 Å². The van der Waals surface area contributed by atoms with Gasteiger partial charge in [-0.05, 0) is 51.4 Å². The van der Waals surface area contributed by atoms with Crippen molar-refractivity contribution >= 4 is 13.8 Å². The molecule has 0 aromatic heterocycles. The monoisotopic (exact) mass is 894 g/mol. The Morgan fingerprint density at radius 2 is 0.903 bits per heavy atom. The van der Waals surface area contributed by atoms with Crippen molar-refractivity contribution in [1.82, 2.24) is 0 Å². The Balaban J connectivity index is 3.91. The molecule has 0 bridgehead atoms. The number of nitrogens with two attached hydrogens (primary N) is 1. The zero-order chi connectivity index (χ0) is 45.1. The average Bonchev–Trinajstić information content (AvgIpc) is 3.26. The molecule has 0 aliphatic rings. The van der Waals surface area contributed by atoms with E-state index in [1.54, 1.807) is 0 Å². The van der Waals surface area contributed by atoms with Gasteiger partial charge in [-0.3, -0.25) is 13.8 Å². The van der Waals surface area contributed by atoms with Crippen molar-refractivity contribution in [1.29, 1.82) is 0 Å². The second-order valence-electron chi connectivity index (χ2n) is 17.4. The molecule has 0 fully saturated rings. The summed E-state index contributed by atoms with van der Waals surface area (Å²) in [6.45, 7) is 4.86. The predicted molar refractivity (Wildman–Crippen MR) is 266 cm³/mol. The van der Waals surface area contributed by atoms with E-state index in [4.69, 9.17) is 24.3 Å². The van der Waals surface area contributed by atoms with E-state index in [-0.39, 0.29) is 32.3 Å². The van der Waals surface area contributed by atoms with Crippen molar-refractivity contribution in [3.8, 4) is 0 Å². The summed E-state index contributed by atoms with van der Waals surface area (Å²) in [6, 6.07) is 0. The fourth-order valence-corrected chi connectivity index (χ4v) is 8.23. The SMILES string of the molecule is CC/C=C\C/C=C\C/C=C\C/C=C\CCCCCCCCCCCCCCC(=O)OC(COCCCCCCCCCCCCCCCCCCCC)COP(=O)(O)OCCN. The van der Waals surface area contributed by atoms with Crippen molar-refractivity contribution in [2.24, 2.45) is 5.73 Å². The summed E-state index contributed by atoms with van der Waals surface area (Å²) in [5.74, 6) is -0.329. The van der Waals surface area contributed by atoms with Gasteiger partial charge in [-0.2, -0.15) is 0 Å². The fraction of sp³-hybridized carbons (Fsp3) is 0.830. The van der Waals surface area contributed by atoms with E-state index in [1.165, 1.54) is 167 Å². The second-order valence-corrected chi connectivity index (χ2v) is 18.8. The van der Waals surface area contributed by atoms with E-state index in [0.29, 0.717) is 13.0 Å². The van der Waals surface area contributed by atoms with Crippen LogP contribution in [0.3, 0.4) is 0 Å². The lowest BCUT2D eigenvalue weighted by molar-refractivity contribution is -0.154. The summed E-state index contributed by atoms with van der Waals surface area (Å²) in [7, 11) is -4.28. The number of phosphoric ester groups is 1. The molecule has 0 radical (unpaired) electrons. The van der Waals surface area contributed by atoms with Crippen LogP contribution in [-0.4, -0.2) is 49.9 Å². The lowest BCUT2D eigenvalue weighted by Gasteiger charge is -2.20. The first-order valence-corrected chi connectivity index (χ1v) is 27.6. The van der Waals surface area contributed by atoms with Crippen molar-refractivity contribution in [2.45, 2.75) is 251 Å². The molecule has 62 heavy (non-hydrogen) atoms. The number of carbonyl (C=O) groups is 1. The lowest BCUT2D eigenvalue weighted by Crippen LogP contribution is -2.28. The predicted octanol–water partition coefficient (Wildman–Crippen LogP) is 16.3. The van der Waals surface area contributed by atoms with Crippen molar-refractivity contribution in [3.63, 3.8) is 0 Å². The maximum atomic E-state index is 12.7. The third-order valence-electron chi connectivity index (χ3n) is 11.3.